The number of likely N-dealkylation sites (N-methyl/N-ethyl adjacent to an activating group) is 1. The van der Waals surface area contributed by atoms with Crippen LogP contribution in [0, 0.1) is 0 Å². The van der Waals surface area contributed by atoms with Gasteiger partial charge in [0.2, 0.25) is 0 Å². The minimum atomic E-state index is 0.506. The van der Waals surface area contributed by atoms with E-state index in [9.17, 15) is 0 Å². The summed E-state index contributed by atoms with van der Waals surface area (Å²) >= 11 is 0. The van der Waals surface area contributed by atoms with Crippen LogP contribution in [0.15, 0.2) is 0 Å². The Bertz CT molecular complexity index is 186. The highest BCUT2D eigenvalue weighted by Crippen LogP contribution is 2.22. The van der Waals surface area contributed by atoms with Gasteiger partial charge >= 0.3 is 0 Å². The van der Waals surface area contributed by atoms with E-state index < -0.39 is 0 Å². The summed E-state index contributed by atoms with van der Waals surface area (Å²) in [4.78, 5) is 2.40. The minimum Gasteiger partial charge on any atom is -0.381 e. The fourth-order valence-corrected chi connectivity index (χ4v) is 2.71. The smallest absolute Gasteiger partial charge is 0.0586 e. The lowest BCUT2D eigenvalue weighted by atomic mass is 10.2. The van der Waals surface area contributed by atoms with Crippen LogP contribution < -0.4 is 5.32 Å². The maximum absolute atomic E-state index is 5.38. The first-order chi connectivity index (χ1) is 6.78. The largest absolute Gasteiger partial charge is 0.381 e. The summed E-state index contributed by atoms with van der Waals surface area (Å²) in [6.45, 7) is 2.46. The molecule has 3 unspecified atom stereocenters. The molecule has 0 aromatic heterocycles. The van der Waals surface area contributed by atoms with Gasteiger partial charge in [0.25, 0.3) is 0 Å². The molecule has 1 N–H and O–H groups in total. The van der Waals surface area contributed by atoms with E-state index in [-0.39, 0.29) is 0 Å². The molecule has 2 fully saturated rings. The molecule has 0 aromatic rings. The number of methoxy groups -OCH3 is 1. The van der Waals surface area contributed by atoms with Crippen molar-refractivity contribution >= 4 is 0 Å². The zero-order chi connectivity index (χ0) is 9.97. The number of likely N-dealkylation sites (tertiary alicyclic amines) is 1. The SMILES string of the molecule is COC1CCC(NC2CCN(C)C2)C1. The van der Waals surface area contributed by atoms with Crippen molar-refractivity contribution in [2.24, 2.45) is 0 Å². The highest BCUT2D eigenvalue weighted by molar-refractivity contribution is 4.87. The molecule has 1 saturated carbocycles. The molecule has 3 nitrogen and oxygen atoms in total. The van der Waals surface area contributed by atoms with Gasteiger partial charge in [-0.3, -0.25) is 0 Å². The molecule has 0 amide bonds. The quantitative estimate of drug-likeness (QED) is 0.727. The molecule has 0 aromatic carbocycles. The first kappa shape index (κ1) is 10.4. The average molecular weight is 198 g/mol. The molecule has 2 rings (SSSR count). The second-order valence-corrected chi connectivity index (χ2v) is 4.78. The van der Waals surface area contributed by atoms with Crippen molar-refractivity contribution in [2.45, 2.75) is 43.9 Å². The Hall–Kier alpha value is -0.120. The van der Waals surface area contributed by atoms with Crippen LogP contribution in [0.1, 0.15) is 25.7 Å². The van der Waals surface area contributed by atoms with Crippen molar-refractivity contribution in [3.05, 3.63) is 0 Å². The van der Waals surface area contributed by atoms with Gasteiger partial charge < -0.3 is 15.0 Å². The van der Waals surface area contributed by atoms with Gasteiger partial charge in [-0.05, 0) is 39.3 Å². The highest BCUT2D eigenvalue weighted by atomic mass is 16.5. The van der Waals surface area contributed by atoms with Gasteiger partial charge in [-0.2, -0.15) is 0 Å². The van der Waals surface area contributed by atoms with E-state index in [0.29, 0.717) is 12.1 Å². The van der Waals surface area contributed by atoms with Crippen LogP contribution in [0.2, 0.25) is 0 Å². The zero-order valence-electron chi connectivity index (χ0n) is 9.33. The third-order valence-electron chi connectivity index (χ3n) is 3.58. The molecular formula is C11H22N2O. The molecule has 1 saturated heterocycles. The third kappa shape index (κ3) is 2.47. The number of hydrogen-bond acceptors (Lipinski definition) is 3. The van der Waals surface area contributed by atoms with E-state index in [2.05, 4.69) is 17.3 Å². The van der Waals surface area contributed by atoms with E-state index in [0.717, 1.165) is 6.04 Å². The number of nitrogens with one attached hydrogen (secondary N) is 1. The van der Waals surface area contributed by atoms with Gasteiger partial charge in [-0.25, -0.2) is 0 Å². The highest BCUT2D eigenvalue weighted by Gasteiger charge is 2.28. The first-order valence-electron chi connectivity index (χ1n) is 5.75. The molecule has 3 heteroatoms. The van der Waals surface area contributed by atoms with Gasteiger partial charge in [0.05, 0.1) is 6.10 Å². The lowest BCUT2D eigenvalue weighted by Crippen LogP contribution is -2.38. The monoisotopic (exact) mass is 198 g/mol. The fourth-order valence-electron chi connectivity index (χ4n) is 2.71. The Balaban J connectivity index is 1.71. The summed E-state index contributed by atoms with van der Waals surface area (Å²) in [6, 6.07) is 1.43. The van der Waals surface area contributed by atoms with Crippen LogP contribution in [0.5, 0.6) is 0 Å². The van der Waals surface area contributed by atoms with Crippen LogP contribution in [-0.2, 0) is 4.74 Å². The molecule has 2 aliphatic rings. The molecule has 82 valence electrons. The molecule has 3 atom stereocenters. The van der Waals surface area contributed by atoms with Gasteiger partial charge in [0, 0.05) is 25.7 Å². The predicted molar refractivity (Wildman–Crippen MR) is 57.5 cm³/mol. The van der Waals surface area contributed by atoms with E-state index in [1.807, 2.05) is 7.11 Å². The van der Waals surface area contributed by atoms with Gasteiger partial charge in [0.15, 0.2) is 0 Å². The Morgan fingerprint density at radius 1 is 1.21 bits per heavy atom. The van der Waals surface area contributed by atoms with Gasteiger partial charge in [-0.1, -0.05) is 0 Å². The van der Waals surface area contributed by atoms with Gasteiger partial charge in [0.1, 0.15) is 0 Å². The maximum Gasteiger partial charge on any atom is 0.0586 e. The molecular weight excluding hydrogens is 176 g/mol. The van der Waals surface area contributed by atoms with Crippen LogP contribution in [0.25, 0.3) is 0 Å². The van der Waals surface area contributed by atoms with E-state index in [4.69, 9.17) is 4.74 Å². The normalized spacial score (nSPS) is 39.4. The molecule has 0 bridgehead atoms. The Labute approximate surface area is 86.8 Å². The van der Waals surface area contributed by atoms with Crippen LogP contribution in [0.3, 0.4) is 0 Å². The Morgan fingerprint density at radius 3 is 2.64 bits per heavy atom. The lowest BCUT2D eigenvalue weighted by Gasteiger charge is -2.18. The summed E-state index contributed by atoms with van der Waals surface area (Å²) < 4.78 is 5.38. The summed E-state index contributed by atoms with van der Waals surface area (Å²) in [6.07, 6.45) is 5.54. The zero-order valence-corrected chi connectivity index (χ0v) is 9.33. The van der Waals surface area contributed by atoms with E-state index in [1.54, 1.807) is 0 Å². The Morgan fingerprint density at radius 2 is 2.07 bits per heavy atom. The minimum absolute atomic E-state index is 0.506. The van der Waals surface area contributed by atoms with Crippen molar-refractivity contribution < 1.29 is 4.74 Å². The summed E-state index contributed by atoms with van der Waals surface area (Å²) in [5.41, 5.74) is 0. The number of nitrogens with zero attached hydrogens (tertiary/aromatic N) is 1. The summed E-state index contributed by atoms with van der Waals surface area (Å²) in [5, 5.41) is 3.75. The van der Waals surface area contributed by atoms with Crippen molar-refractivity contribution in [1.82, 2.24) is 10.2 Å². The van der Waals surface area contributed by atoms with Crippen molar-refractivity contribution in [3.63, 3.8) is 0 Å². The summed E-state index contributed by atoms with van der Waals surface area (Å²) in [7, 11) is 4.03. The molecule has 1 heterocycles. The van der Waals surface area contributed by atoms with Crippen LogP contribution in [0.4, 0.5) is 0 Å². The maximum atomic E-state index is 5.38. The first-order valence-corrected chi connectivity index (χ1v) is 5.75. The molecule has 14 heavy (non-hydrogen) atoms. The molecule has 0 spiro atoms. The number of hydrogen-bond donors (Lipinski definition) is 1. The van der Waals surface area contributed by atoms with Crippen molar-refractivity contribution in [3.8, 4) is 0 Å². The average Bonchev–Trinajstić information content (AvgIpc) is 2.76. The standard InChI is InChI=1S/C11H22N2O/c1-13-6-5-10(8-13)12-9-3-4-11(7-9)14-2/h9-12H,3-8H2,1-2H3. The second-order valence-electron chi connectivity index (χ2n) is 4.78. The number of rotatable bonds is 3. The molecule has 0 radical (unpaired) electrons. The van der Waals surface area contributed by atoms with Gasteiger partial charge in [-0.15, -0.1) is 0 Å². The molecule has 1 aliphatic carbocycles. The summed E-state index contributed by atoms with van der Waals surface area (Å²) in [5.74, 6) is 0. The van der Waals surface area contributed by atoms with Crippen LogP contribution >= 0.6 is 0 Å². The number of ether oxygens (including phenoxy) is 1. The third-order valence-corrected chi connectivity index (χ3v) is 3.58. The van der Waals surface area contributed by atoms with E-state index >= 15 is 0 Å². The predicted octanol–water partition coefficient (Wildman–Crippen LogP) is 0.848. The second kappa shape index (κ2) is 4.60. The molecule has 1 aliphatic heterocycles. The fraction of sp³-hybridized carbons (Fsp3) is 1.00. The van der Waals surface area contributed by atoms with Crippen molar-refractivity contribution in [1.29, 1.82) is 0 Å². The van der Waals surface area contributed by atoms with Crippen LogP contribution in [-0.4, -0.2) is 50.3 Å². The Kier molecular flexibility index (Phi) is 3.42. The lowest BCUT2D eigenvalue weighted by molar-refractivity contribution is 0.106. The van der Waals surface area contributed by atoms with Crippen molar-refractivity contribution in [2.75, 3.05) is 27.2 Å². The topological polar surface area (TPSA) is 24.5 Å². The van der Waals surface area contributed by atoms with E-state index in [1.165, 1.54) is 38.8 Å².